The van der Waals surface area contributed by atoms with Crippen molar-refractivity contribution in [2.75, 3.05) is 13.2 Å². The van der Waals surface area contributed by atoms with Gasteiger partial charge in [0.05, 0.1) is 6.54 Å². The van der Waals surface area contributed by atoms with Gasteiger partial charge >= 0.3 is 6.09 Å². The fraction of sp³-hybridized carbons (Fsp3) is 0.875. The zero-order chi connectivity index (χ0) is 8.55. The molecular formula is C8H14N2O2. The number of carbonyl (C=O) groups is 1. The number of hydrogen-bond acceptors (Lipinski definition) is 3. The second-order valence-electron chi connectivity index (χ2n) is 3.53. The molecule has 0 radical (unpaired) electrons. The van der Waals surface area contributed by atoms with E-state index in [0.29, 0.717) is 12.6 Å². The summed E-state index contributed by atoms with van der Waals surface area (Å²) in [6, 6.07) is 0.624. The molecular weight excluding hydrogens is 156 g/mol. The van der Waals surface area contributed by atoms with Crippen molar-refractivity contribution < 1.29 is 9.53 Å². The van der Waals surface area contributed by atoms with Gasteiger partial charge in [-0.1, -0.05) is 0 Å². The predicted octanol–water partition coefficient (Wildman–Crippen LogP) is 0.318. The van der Waals surface area contributed by atoms with Gasteiger partial charge in [0, 0.05) is 12.1 Å². The molecule has 2 unspecified atom stereocenters. The minimum atomic E-state index is -0.158. The molecule has 1 amide bonds. The number of rotatable bonds is 1. The van der Waals surface area contributed by atoms with Crippen molar-refractivity contribution >= 4 is 6.09 Å². The molecule has 0 aromatic carbocycles. The van der Waals surface area contributed by atoms with Gasteiger partial charge in [0.15, 0.2) is 0 Å². The fourth-order valence-corrected chi connectivity index (χ4v) is 2.01. The first-order chi connectivity index (χ1) is 5.77. The predicted molar refractivity (Wildman–Crippen MR) is 43.7 cm³/mol. The maximum absolute atomic E-state index is 11.1. The summed E-state index contributed by atoms with van der Waals surface area (Å²) < 4.78 is 4.86. The number of nitrogens with two attached hydrogens (primary N) is 1. The maximum atomic E-state index is 11.1. The van der Waals surface area contributed by atoms with Crippen LogP contribution in [0.15, 0.2) is 0 Å². The van der Waals surface area contributed by atoms with Crippen LogP contribution in [0, 0.1) is 0 Å². The van der Waals surface area contributed by atoms with Crippen LogP contribution in [-0.2, 0) is 4.74 Å². The van der Waals surface area contributed by atoms with Gasteiger partial charge in [-0.15, -0.1) is 0 Å². The summed E-state index contributed by atoms with van der Waals surface area (Å²) in [5, 5.41) is 0. The van der Waals surface area contributed by atoms with Crippen LogP contribution in [0.2, 0.25) is 0 Å². The lowest BCUT2D eigenvalue weighted by molar-refractivity contribution is 0.148. The molecule has 4 heteroatoms. The molecule has 2 fully saturated rings. The Balaban J connectivity index is 1.96. The van der Waals surface area contributed by atoms with Crippen LogP contribution in [0.5, 0.6) is 0 Å². The minimum absolute atomic E-state index is 0.158. The quantitative estimate of drug-likeness (QED) is 0.616. The van der Waals surface area contributed by atoms with E-state index in [1.54, 1.807) is 0 Å². The lowest BCUT2D eigenvalue weighted by atomic mass is 10.2. The second kappa shape index (κ2) is 2.94. The van der Waals surface area contributed by atoms with Gasteiger partial charge in [-0.2, -0.15) is 0 Å². The fourth-order valence-electron chi connectivity index (χ4n) is 2.01. The van der Waals surface area contributed by atoms with E-state index in [0.717, 1.165) is 25.8 Å². The summed E-state index contributed by atoms with van der Waals surface area (Å²) in [7, 11) is 0. The lowest BCUT2D eigenvalue weighted by Crippen LogP contribution is -2.35. The third-order valence-electron chi connectivity index (χ3n) is 2.68. The van der Waals surface area contributed by atoms with E-state index in [9.17, 15) is 4.79 Å². The van der Waals surface area contributed by atoms with Gasteiger partial charge < -0.3 is 15.4 Å². The van der Waals surface area contributed by atoms with E-state index in [-0.39, 0.29) is 12.1 Å². The zero-order valence-electron chi connectivity index (χ0n) is 7.03. The first kappa shape index (κ1) is 7.86. The van der Waals surface area contributed by atoms with Crippen LogP contribution >= 0.6 is 0 Å². The van der Waals surface area contributed by atoms with Crippen molar-refractivity contribution in [1.29, 1.82) is 0 Å². The molecule has 2 N–H and O–H groups in total. The summed E-state index contributed by atoms with van der Waals surface area (Å²) in [5.41, 5.74) is 5.76. The number of carbonyl (C=O) groups excluding carboxylic acids is 1. The summed E-state index contributed by atoms with van der Waals surface area (Å²) in [6.07, 6.45) is 2.86. The molecule has 12 heavy (non-hydrogen) atoms. The summed E-state index contributed by atoms with van der Waals surface area (Å²) in [5.74, 6) is 0. The average molecular weight is 170 g/mol. The summed E-state index contributed by atoms with van der Waals surface area (Å²) >= 11 is 0. The number of cyclic esters (lactones) is 1. The highest BCUT2D eigenvalue weighted by atomic mass is 16.6. The highest BCUT2D eigenvalue weighted by Gasteiger charge is 2.33. The Kier molecular flexibility index (Phi) is 1.92. The van der Waals surface area contributed by atoms with Crippen molar-refractivity contribution in [3.05, 3.63) is 0 Å². The first-order valence-electron chi connectivity index (χ1n) is 4.46. The van der Waals surface area contributed by atoms with Gasteiger partial charge in [-0.05, 0) is 19.3 Å². The van der Waals surface area contributed by atoms with E-state index in [4.69, 9.17) is 10.5 Å². The van der Waals surface area contributed by atoms with Crippen LogP contribution in [0.1, 0.15) is 19.3 Å². The smallest absolute Gasteiger partial charge is 0.410 e. The molecule has 68 valence electrons. The topological polar surface area (TPSA) is 55.6 Å². The third kappa shape index (κ3) is 1.27. The van der Waals surface area contributed by atoms with Gasteiger partial charge in [0.25, 0.3) is 0 Å². The molecule has 2 rings (SSSR count). The van der Waals surface area contributed by atoms with Crippen molar-refractivity contribution in [2.24, 2.45) is 5.73 Å². The van der Waals surface area contributed by atoms with Crippen molar-refractivity contribution in [2.45, 2.75) is 31.3 Å². The molecule has 1 aliphatic carbocycles. The molecule has 0 spiro atoms. The molecule has 1 heterocycles. The maximum Gasteiger partial charge on any atom is 0.410 e. The highest BCUT2D eigenvalue weighted by molar-refractivity contribution is 5.69. The SMILES string of the molecule is NC1CCC(N2CCOC2=O)C1. The normalized spacial score (nSPS) is 35.8. The van der Waals surface area contributed by atoms with Crippen molar-refractivity contribution in [3.8, 4) is 0 Å². The Morgan fingerprint density at radius 2 is 2.33 bits per heavy atom. The molecule has 0 aromatic rings. The molecule has 4 nitrogen and oxygen atoms in total. The van der Waals surface area contributed by atoms with Crippen LogP contribution in [0.25, 0.3) is 0 Å². The highest BCUT2D eigenvalue weighted by Crippen LogP contribution is 2.24. The first-order valence-corrected chi connectivity index (χ1v) is 4.46. The summed E-state index contributed by atoms with van der Waals surface area (Å²) in [6.45, 7) is 1.29. The number of amides is 1. The van der Waals surface area contributed by atoms with Gasteiger partial charge in [0.2, 0.25) is 0 Å². The molecule has 1 aliphatic heterocycles. The molecule has 2 atom stereocenters. The molecule has 1 saturated carbocycles. The van der Waals surface area contributed by atoms with E-state index >= 15 is 0 Å². The van der Waals surface area contributed by atoms with Gasteiger partial charge in [0.1, 0.15) is 6.61 Å². The number of hydrogen-bond donors (Lipinski definition) is 1. The van der Waals surface area contributed by atoms with E-state index in [1.807, 2.05) is 4.90 Å². The summed E-state index contributed by atoms with van der Waals surface area (Å²) in [4.78, 5) is 12.9. The lowest BCUT2D eigenvalue weighted by Gasteiger charge is -2.20. The molecule has 2 aliphatic rings. The van der Waals surface area contributed by atoms with E-state index < -0.39 is 0 Å². The van der Waals surface area contributed by atoms with Crippen molar-refractivity contribution in [3.63, 3.8) is 0 Å². The van der Waals surface area contributed by atoms with E-state index in [2.05, 4.69) is 0 Å². The molecule has 1 saturated heterocycles. The van der Waals surface area contributed by atoms with Crippen LogP contribution in [0.3, 0.4) is 0 Å². The Bertz CT molecular complexity index is 195. The van der Waals surface area contributed by atoms with Gasteiger partial charge in [-0.25, -0.2) is 4.79 Å². The Morgan fingerprint density at radius 1 is 1.50 bits per heavy atom. The largest absolute Gasteiger partial charge is 0.448 e. The zero-order valence-corrected chi connectivity index (χ0v) is 7.03. The third-order valence-corrected chi connectivity index (χ3v) is 2.68. The van der Waals surface area contributed by atoms with Crippen molar-refractivity contribution in [1.82, 2.24) is 4.90 Å². The second-order valence-corrected chi connectivity index (χ2v) is 3.53. The Hall–Kier alpha value is -0.770. The van der Waals surface area contributed by atoms with Crippen LogP contribution in [-0.4, -0.2) is 36.2 Å². The Morgan fingerprint density at radius 3 is 2.83 bits per heavy atom. The van der Waals surface area contributed by atoms with Gasteiger partial charge in [-0.3, -0.25) is 0 Å². The average Bonchev–Trinajstić information content (AvgIpc) is 2.58. The van der Waals surface area contributed by atoms with E-state index in [1.165, 1.54) is 0 Å². The monoisotopic (exact) mass is 170 g/mol. The van der Waals surface area contributed by atoms with Crippen LogP contribution < -0.4 is 5.73 Å². The number of nitrogens with zero attached hydrogens (tertiary/aromatic N) is 1. The molecule has 0 aromatic heterocycles. The number of ether oxygens (including phenoxy) is 1. The molecule has 0 bridgehead atoms. The minimum Gasteiger partial charge on any atom is -0.448 e. The van der Waals surface area contributed by atoms with Crippen LogP contribution in [0.4, 0.5) is 4.79 Å². The Labute approximate surface area is 71.7 Å². The standard InChI is InChI=1S/C8H14N2O2/c9-6-1-2-7(5-6)10-3-4-12-8(10)11/h6-7H,1-5,9H2.